The molecule has 0 unspecified atom stereocenters. The van der Waals surface area contributed by atoms with Gasteiger partial charge in [0, 0.05) is 0 Å². The normalized spacial score (nSPS) is 10.9. The molecule has 116 valence electrons. The first kappa shape index (κ1) is 17.4. The van der Waals surface area contributed by atoms with E-state index in [-0.39, 0.29) is 12.6 Å². The highest BCUT2D eigenvalue weighted by molar-refractivity contribution is 5.70. The van der Waals surface area contributed by atoms with Crippen molar-refractivity contribution in [2.75, 3.05) is 19.8 Å². The predicted molar refractivity (Wildman–Crippen MR) is 86.0 cm³/mol. The highest BCUT2D eigenvalue weighted by atomic mass is 16.6. The number of carbonyl (C=O) groups excluding carboxylic acids is 1. The van der Waals surface area contributed by atoms with Crippen molar-refractivity contribution < 1.29 is 14.3 Å². The number of carbonyl (C=O) groups is 1. The van der Waals surface area contributed by atoms with Crippen LogP contribution in [0.1, 0.15) is 44.6 Å². The Bertz CT molecular complexity index is 398. The molecule has 0 amide bonds. The molecule has 0 saturated carbocycles. The van der Waals surface area contributed by atoms with E-state index in [1.165, 1.54) is 19.3 Å². The molecule has 0 spiro atoms. The molecule has 0 heterocycles. The van der Waals surface area contributed by atoms with E-state index < -0.39 is 0 Å². The van der Waals surface area contributed by atoms with Crippen molar-refractivity contribution in [1.82, 2.24) is 0 Å². The fourth-order valence-corrected chi connectivity index (χ4v) is 1.89. The van der Waals surface area contributed by atoms with Crippen LogP contribution in [0.15, 0.2) is 36.4 Å². The van der Waals surface area contributed by atoms with E-state index in [4.69, 9.17) is 9.47 Å². The van der Waals surface area contributed by atoms with Crippen LogP contribution in [0.5, 0.6) is 0 Å². The van der Waals surface area contributed by atoms with E-state index >= 15 is 0 Å². The van der Waals surface area contributed by atoms with Gasteiger partial charge in [-0.15, -0.1) is 0 Å². The van der Waals surface area contributed by atoms with Crippen molar-refractivity contribution in [3.05, 3.63) is 42.0 Å². The quantitative estimate of drug-likeness (QED) is 0.452. The summed E-state index contributed by atoms with van der Waals surface area (Å²) in [4.78, 5) is 11.4. The first-order valence-corrected chi connectivity index (χ1v) is 7.78. The van der Waals surface area contributed by atoms with Gasteiger partial charge in [0.15, 0.2) is 0 Å². The molecule has 3 heteroatoms. The molecule has 0 N–H and O–H groups in total. The van der Waals surface area contributed by atoms with E-state index in [2.05, 4.69) is 6.92 Å². The molecule has 1 aromatic rings. The Kier molecular flexibility index (Phi) is 10.1. The zero-order valence-corrected chi connectivity index (χ0v) is 12.9. The van der Waals surface area contributed by atoms with Crippen LogP contribution < -0.4 is 0 Å². The van der Waals surface area contributed by atoms with E-state index in [9.17, 15) is 4.79 Å². The van der Waals surface area contributed by atoms with Crippen molar-refractivity contribution in [2.24, 2.45) is 0 Å². The molecular formula is C18H26O3. The van der Waals surface area contributed by atoms with Gasteiger partial charge in [-0.25, -0.2) is 4.79 Å². The molecule has 0 aliphatic carbocycles. The highest BCUT2D eigenvalue weighted by Crippen LogP contribution is 2.03. The topological polar surface area (TPSA) is 35.5 Å². The standard InChI is InChI=1S/C18H26O3/c1-2-3-4-5-9-15-21-18(19)16-20-14-10-13-17-11-7-6-8-12-17/h6-8,10-13H,2-5,9,14-16H2,1H3. The summed E-state index contributed by atoms with van der Waals surface area (Å²) in [5, 5.41) is 0. The maximum atomic E-state index is 11.4. The van der Waals surface area contributed by atoms with Gasteiger partial charge in [0.25, 0.3) is 0 Å². The maximum absolute atomic E-state index is 11.4. The van der Waals surface area contributed by atoms with Crippen LogP contribution in [-0.2, 0) is 14.3 Å². The number of benzene rings is 1. The summed E-state index contributed by atoms with van der Waals surface area (Å²) >= 11 is 0. The number of hydrogen-bond acceptors (Lipinski definition) is 3. The monoisotopic (exact) mass is 290 g/mol. The Morgan fingerprint density at radius 2 is 1.86 bits per heavy atom. The van der Waals surface area contributed by atoms with Crippen molar-refractivity contribution in [3.8, 4) is 0 Å². The SMILES string of the molecule is CCCCCCCOC(=O)COCC=Cc1ccccc1. The van der Waals surface area contributed by atoms with Crippen LogP contribution in [0.25, 0.3) is 6.08 Å². The summed E-state index contributed by atoms with van der Waals surface area (Å²) in [5.74, 6) is -0.279. The largest absolute Gasteiger partial charge is 0.464 e. The lowest BCUT2D eigenvalue weighted by molar-refractivity contribution is -0.148. The zero-order chi connectivity index (χ0) is 15.2. The fraction of sp³-hybridized carbons (Fsp3) is 0.500. The lowest BCUT2D eigenvalue weighted by atomic mass is 10.2. The summed E-state index contributed by atoms with van der Waals surface area (Å²) in [7, 11) is 0. The minimum Gasteiger partial charge on any atom is -0.464 e. The second kappa shape index (κ2) is 12.2. The van der Waals surface area contributed by atoms with E-state index in [1.54, 1.807) is 0 Å². The van der Waals surface area contributed by atoms with Crippen LogP contribution in [0.4, 0.5) is 0 Å². The van der Waals surface area contributed by atoms with Gasteiger partial charge in [-0.1, -0.05) is 75.1 Å². The molecule has 0 atom stereocenters. The molecule has 0 saturated heterocycles. The molecule has 1 rings (SSSR count). The number of unbranched alkanes of at least 4 members (excludes halogenated alkanes) is 4. The minimum absolute atomic E-state index is 0.0219. The lowest BCUT2D eigenvalue weighted by Crippen LogP contribution is -2.13. The number of ether oxygens (including phenoxy) is 2. The molecule has 0 aliphatic rings. The first-order chi connectivity index (χ1) is 10.3. The van der Waals surface area contributed by atoms with Gasteiger partial charge >= 0.3 is 5.97 Å². The van der Waals surface area contributed by atoms with Crippen molar-refractivity contribution >= 4 is 12.0 Å². The summed E-state index contributed by atoms with van der Waals surface area (Å²) in [6.45, 7) is 3.13. The molecule has 1 aromatic carbocycles. The predicted octanol–water partition coefficient (Wildman–Crippen LogP) is 4.23. The highest BCUT2D eigenvalue weighted by Gasteiger charge is 2.01. The van der Waals surface area contributed by atoms with Gasteiger partial charge in [-0.3, -0.25) is 0 Å². The molecule has 3 nitrogen and oxygen atoms in total. The van der Waals surface area contributed by atoms with Crippen LogP contribution >= 0.6 is 0 Å². The number of esters is 1. The van der Waals surface area contributed by atoms with Crippen LogP contribution in [0, 0.1) is 0 Å². The van der Waals surface area contributed by atoms with Gasteiger partial charge in [-0.2, -0.15) is 0 Å². The lowest BCUT2D eigenvalue weighted by Gasteiger charge is -2.04. The second-order valence-electron chi connectivity index (χ2n) is 4.96. The van der Waals surface area contributed by atoms with E-state index in [0.717, 1.165) is 18.4 Å². The smallest absolute Gasteiger partial charge is 0.332 e. The van der Waals surface area contributed by atoms with Crippen molar-refractivity contribution in [1.29, 1.82) is 0 Å². The van der Waals surface area contributed by atoms with Crippen molar-refractivity contribution in [3.63, 3.8) is 0 Å². The van der Waals surface area contributed by atoms with Gasteiger partial charge in [0.05, 0.1) is 13.2 Å². The zero-order valence-electron chi connectivity index (χ0n) is 12.9. The molecule has 0 aromatic heterocycles. The van der Waals surface area contributed by atoms with Gasteiger partial charge in [0.2, 0.25) is 0 Å². The Morgan fingerprint density at radius 1 is 1.10 bits per heavy atom. The molecular weight excluding hydrogens is 264 g/mol. The second-order valence-corrected chi connectivity index (χ2v) is 4.96. The Hall–Kier alpha value is -1.61. The summed E-state index contributed by atoms with van der Waals surface area (Å²) in [6.07, 6.45) is 9.64. The van der Waals surface area contributed by atoms with Gasteiger partial charge in [-0.05, 0) is 12.0 Å². The van der Waals surface area contributed by atoms with Gasteiger partial charge in [0.1, 0.15) is 6.61 Å². The van der Waals surface area contributed by atoms with Gasteiger partial charge < -0.3 is 9.47 Å². The van der Waals surface area contributed by atoms with Crippen LogP contribution in [0.3, 0.4) is 0 Å². The summed E-state index contributed by atoms with van der Waals surface area (Å²) < 4.78 is 10.4. The minimum atomic E-state index is -0.279. The molecule has 21 heavy (non-hydrogen) atoms. The van der Waals surface area contributed by atoms with E-state index in [1.807, 2.05) is 42.5 Å². The van der Waals surface area contributed by atoms with E-state index in [0.29, 0.717) is 13.2 Å². The Labute approximate surface area is 128 Å². The molecule has 0 radical (unpaired) electrons. The third-order valence-electron chi connectivity index (χ3n) is 3.05. The maximum Gasteiger partial charge on any atom is 0.332 e. The number of rotatable bonds is 11. The average Bonchev–Trinajstić information content (AvgIpc) is 2.51. The Balaban J connectivity index is 1.97. The van der Waals surface area contributed by atoms with Crippen molar-refractivity contribution in [2.45, 2.75) is 39.0 Å². The number of hydrogen-bond donors (Lipinski definition) is 0. The summed E-state index contributed by atoms with van der Waals surface area (Å²) in [5.41, 5.74) is 1.12. The average molecular weight is 290 g/mol. The summed E-state index contributed by atoms with van der Waals surface area (Å²) in [6, 6.07) is 9.98. The fourth-order valence-electron chi connectivity index (χ4n) is 1.89. The molecule has 0 bridgehead atoms. The first-order valence-electron chi connectivity index (χ1n) is 7.78. The van der Waals surface area contributed by atoms with Crippen LogP contribution in [0.2, 0.25) is 0 Å². The Morgan fingerprint density at radius 3 is 2.62 bits per heavy atom. The molecule has 0 fully saturated rings. The molecule has 0 aliphatic heterocycles. The van der Waals surface area contributed by atoms with Crippen LogP contribution in [-0.4, -0.2) is 25.8 Å². The third kappa shape index (κ3) is 9.85. The third-order valence-corrected chi connectivity index (χ3v) is 3.05.